The van der Waals surface area contributed by atoms with Crippen LogP contribution in [0.4, 0.5) is 0 Å². The standard InChI is InChI=1S/C15H13ClN4OS/c1-9-13(19-20-18-9)15(21)17-14(11-6-7-22-8-11)10-2-4-12(16)5-3-10/h2-8,14H,1H3,(H,17,21)(H,18,19,20)/t14-/m0/s1. The lowest BCUT2D eigenvalue weighted by Gasteiger charge is -2.18. The number of nitrogens with one attached hydrogen (secondary N) is 2. The van der Waals surface area contributed by atoms with Crippen LogP contribution in [0.15, 0.2) is 41.1 Å². The van der Waals surface area contributed by atoms with Crippen LogP contribution in [0.1, 0.15) is 33.4 Å². The molecule has 0 bridgehead atoms. The van der Waals surface area contributed by atoms with Crippen LogP contribution < -0.4 is 5.32 Å². The Bertz CT molecular complexity index is 767. The van der Waals surface area contributed by atoms with Gasteiger partial charge in [0.05, 0.1) is 11.7 Å². The quantitative estimate of drug-likeness (QED) is 0.769. The fraction of sp³-hybridized carbons (Fsp3) is 0.133. The summed E-state index contributed by atoms with van der Waals surface area (Å²) in [5.41, 5.74) is 2.84. The van der Waals surface area contributed by atoms with Gasteiger partial charge in [-0.25, -0.2) is 0 Å². The maximum absolute atomic E-state index is 12.4. The summed E-state index contributed by atoms with van der Waals surface area (Å²) in [5, 5.41) is 17.9. The molecule has 1 atom stereocenters. The largest absolute Gasteiger partial charge is 0.340 e. The van der Waals surface area contributed by atoms with E-state index >= 15 is 0 Å². The molecule has 112 valence electrons. The molecule has 0 aliphatic heterocycles. The van der Waals surface area contributed by atoms with Crippen LogP contribution in [0.25, 0.3) is 0 Å². The van der Waals surface area contributed by atoms with Gasteiger partial charge in [0, 0.05) is 5.02 Å². The van der Waals surface area contributed by atoms with E-state index in [2.05, 4.69) is 20.7 Å². The van der Waals surface area contributed by atoms with Crippen molar-refractivity contribution in [2.45, 2.75) is 13.0 Å². The lowest BCUT2D eigenvalue weighted by molar-refractivity contribution is 0.0937. The predicted molar refractivity (Wildman–Crippen MR) is 86.2 cm³/mol. The second-order valence-corrected chi connectivity index (χ2v) is 5.99. The van der Waals surface area contributed by atoms with Crippen LogP contribution in [-0.2, 0) is 0 Å². The Morgan fingerprint density at radius 1 is 1.23 bits per heavy atom. The van der Waals surface area contributed by atoms with Gasteiger partial charge in [0.25, 0.3) is 5.91 Å². The highest BCUT2D eigenvalue weighted by atomic mass is 35.5. The molecule has 0 aliphatic carbocycles. The van der Waals surface area contributed by atoms with Gasteiger partial charge in [0.15, 0.2) is 5.69 Å². The lowest BCUT2D eigenvalue weighted by Crippen LogP contribution is -2.29. The molecule has 2 N–H and O–H groups in total. The number of nitrogens with zero attached hydrogens (tertiary/aromatic N) is 2. The third-order valence-electron chi connectivity index (χ3n) is 3.29. The molecule has 0 fully saturated rings. The zero-order valence-corrected chi connectivity index (χ0v) is 13.3. The number of H-pyrrole nitrogens is 1. The summed E-state index contributed by atoms with van der Waals surface area (Å²) < 4.78 is 0. The van der Waals surface area contributed by atoms with Crippen molar-refractivity contribution in [1.29, 1.82) is 0 Å². The molecule has 0 aliphatic rings. The van der Waals surface area contributed by atoms with Gasteiger partial charge in [-0.1, -0.05) is 23.7 Å². The van der Waals surface area contributed by atoms with Crippen molar-refractivity contribution in [3.63, 3.8) is 0 Å². The molecule has 0 radical (unpaired) electrons. The summed E-state index contributed by atoms with van der Waals surface area (Å²) in [5.74, 6) is -0.266. The molecule has 0 saturated heterocycles. The van der Waals surface area contributed by atoms with Gasteiger partial charge in [0.2, 0.25) is 0 Å². The number of carbonyl (C=O) groups excluding carboxylic acids is 1. The van der Waals surface area contributed by atoms with Crippen LogP contribution in [0, 0.1) is 6.92 Å². The highest BCUT2D eigenvalue weighted by molar-refractivity contribution is 7.08. The molecule has 0 saturated carbocycles. The molecule has 0 unspecified atom stereocenters. The van der Waals surface area contributed by atoms with Crippen molar-refractivity contribution in [1.82, 2.24) is 20.7 Å². The van der Waals surface area contributed by atoms with E-state index in [1.807, 2.05) is 41.1 Å². The highest BCUT2D eigenvalue weighted by Crippen LogP contribution is 2.25. The number of rotatable bonds is 4. The Morgan fingerprint density at radius 3 is 2.59 bits per heavy atom. The van der Waals surface area contributed by atoms with E-state index in [9.17, 15) is 4.79 Å². The van der Waals surface area contributed by atoms with E-state index in [4.69, 9.17) is 11.6 Å². The topological polar surface area (TPSA) is 70.7 Å². The first-order valence-electron chi connectivity index (χ1n) is 6.61. The minimum absolute atomic E-state index is 0.257. The minimum atomic E-state index is -0.266. The highest BCUT2D eigenvalue weighted by Gasteiger charge is 2.21. The minimum Gasteiger partial charge on any atom is -0.340 e. The van der Waals surface area contributed by atoms with Gasteiger partial charge >= 0.3 is 0 Å². The van der Waals surface area contributed by atoms with Crippen LogP contribution in [0.5, 0.6) is 0 Å². The predicted octanol–water partition coefficient (Wildman–Crippen LogP) is 3.35. The van der Waals surface area contributed by atoms with Crippen molar-refractivity contribution in [2.24, 2.45) is 0 Å². The van der Waals surface area contributed by atoms with Gasteiger partial charge in [-0.3, -0.25) is 4.79 Å². The number of halogens is 1. The number of amides is 1. The number of hydrogen-bond acceptors (Lipinski definition) is 4. The van der Waals surface area contributed by atoms with E-state index < -0.39 is 0 Å². The number of carbonyl (C=O) groups is 1. The summed E-state index contributed by atoms with van der Waals surface area (Å²) >= 11 is 7.52. The monoisotopic (exact) mass is 332 g/mol. The van der Waals surface area contributed by atoms with Crippen LogP contribution in [-0.4, -0.2) is 21.3 Å². The summed E-state index contributed by atoms with van der Waals surface area (Å²) in [4.78, 5) is 12.4. The zero-order chi connectivity index (χ0) is 15.5. The molecule has 22 heavy (non-hydrogen) atoms. The maximum Gasteiger partial charge on any atom is 0.274 e. The Hall–Kier alpha value is -2.18. The number of hydrogen-bond donors (Lipinski definition) is 2. The van der Waals surface area contributed by atoms with Crippen molar-refractivity contribution < 1.29 is 4.79 Å². The summed E-state index contributed by atoms with van der Waals surface area (Å²) in [6, 6.07) is 9.15. The van der Waals surface area contributed by atoms with Crippen molar-refractivity contribution >= 4 is 28.8 Å². The van der Waals surface area contributed by atoms with Gasteiger partial charge in [-0.2, -0.15) is 26.7 Å². The molecule has 1 amide bonds. The van der Waals surface area contributed by atoms with Crippen LogP contribution in [0.2, 0.25) is 5.02 Å². The Balaban J connectivity index is 1.91. The number of aryl methyl sites for hydroxylation is 1. The molecule has 1 aromatic carbocycles. The SMILES string of the molecule is Cc1n[nH]nc1C(=O)N[C@@H](c1ccc(Cl)cc1)c1ccsc1. The molecular weight excluding hydrogens is 320 g/mol. The normalized spacial score (nSPS) is 12.1. The first kappa shape index (κ1) is 14.7. The maximum atomic E-state index is 12.4. The summed E-state index contributed by atoms with van der Waals surface area (Å²) in [7, 11) is 0. The first-order valence-corrected chi connectivity index (χ1v) is 7.93. The number of thiophene rings is 1. The molecule has 2 heterocycles. The zero-order valence-electron chi connectivity index (χ0n) is 11.7. The Morgan fingerprint density at radius 2 is 2.00 bits per heavy atom. The van der Waals surface area contributed by atoms with Crippen LogP contribution in [0.3, 0.4) is 0 Å². The average molecular weight is 333 g/mol. The van der Waals surface area contributed by atoms with E-state index in [-0.39, 0.29) is 11.9 Å². The molecule has 3 aromatic rings. The van der Waals surface area contributed by atoms with Gasteiger partial charge in [0.1, 0.15) is 0 Å². The van der Waals surface area contributed by atoms with E-state index in [1.165, 1.54) is 0 Å². The van der Waals surface area contributed by atoms with E-state index in [1.54, 1.807) is 18.3 Å². The number of aromatic nitrogens is 3. The third-order valence-corrected chi connectivity index (χ3v) is 4.25. The number of aromatic amines is 1. The third kappa shape index (κ3) is 3.03. The molecule has 2 aromatic heterocycles. The average Bonchev–Trinajstić information content (AvgIpc) is 3.17. The van der Waals surface area contributed by atoms with Crippen LogP contribution >= 0.6 is 22.9 Å². The molecular formula is C15H13ClN4OS. The fourth-order valence-corrected chi connectivity index (χ4v) is 2.96. The van der Waals surface area contributed by atoms with Gasteiger partial charge in [-0.15, -0.1) is 0 Å². The second kappa shape index (κ2) is 6.29. The molecule has 5 nitrogen and oxygen atoms in total. The molecule has 3 rings (SSSR count). The second-order valence-electron chi connectivity index (χ2n) is 4.77. The number of benzene rings is 1. The van der Waals surface area contributed by atoms with Crippen molar-refractivity contribution in [3.05, 3.63) is 68.6 Å². The van der Waals surface area contributed by atoms with Gasteiger partial charge < -0.3 is 5.32 Å². The Kier molecular flexibility index (Phi) is 4.22. The van der Waals surface area contributed by atoms with Crippen molar-refractivity contribution in [2.75, 3.05) is 0 Å². The summed E-state index contributed by atoms with van der Waals surface area (Å²) in [6.07, 6.45) is 0. The smallest absolute Gasteiger partial charge is 0.274 e. The van der Waals surface area contributed by atoms with Gasteiger partial charge in [-0.05, 0) is 47.0 Å². The first-order chi connectivity index (χ1) is 10.6. The molecule has 7 heteroatoms. The fourth-order valence-electron chi connectivity index (χ4n) is 2.15. The van der Waals surface area contributed by atoms with Crippen molar-refractivity contribution in [3.8, 4) is 0 Å². The summed E-state index contributed by atoms with van der Waals surface area (Å²) in [6.45, 7) is 1.74. The molecule has 0 spiro atoms. The Labute approximate surface area is 136 Å². The van der Waals surface area contributed by atoms with E-state index in [0.717, 1.165) is 11.1 Å². The van der Waals surface area contributed by atoms with E-state index in [0.29, 0.717) is 16.4 Å². The lowest BCUT2D eigenvalue weighted by atomic mass is 10.0.